The smallest absolute Gasteiger partial charge is 0.227 e. The Balaban J connectivity index is 2.24. The van der Waals surface area contributed by atoms with Crippen molar-refractivity contribution < 1.29 is 9.90 Å². The van der Waals surface area contributed by atoms with Crippen LogP contribution in [0.4, 0.5) is 0 Å². The minimum absolute atomic E-state index is 0.248. The number of carbonyl (C=O) groups is 1. The molecule has 2 aromatic rings. The molecule has 84 valence electrons. The summed E-state index contributed by atoms with van der Waals surface area (Å²) in [4.78, 5) is 11.8. The average molecular weight is 224 g/mol. The number of Topliss-reactive ketones (excluding diaryl/α,β-unsaturated/α-hetero) is 1. The number of rotatable bonds is 3. The van der Waals surface area contributed by atoms with Crippen LogP contribution in [0.2, 0.25) is 0 Å². The molecule has 0 spiro atoms. The van der Waals surface area contributed by atoms with E-state index in [1.165, 1.54) is 6.08 Å². The number of aliphatic hydroxyl groups excluding tert-OH is 1. The second-order valence-corrected chi connectivity index (χ2v) is 3.64. The summed E-state index contributed by atoms with van der Waals surface area (Å²) in [5.74, 6) is -0.614. The molecule has 2 heteroatoms. The molecule has 0 radical (unpaired) electrons. The molecule has 2 aromatic carbocycles. The first-order valence-corrected chi connectivity index (χ1v) is 5.33. The fraction of sp³-hybridized carbons (Fsp3) is 0. The van der Waals surface area contributed by atoms with E-state index >= 15 is 0 Å². The lowest BCUT2D eigenvalue weighted by molar-refractivity contribution is 0.0980. The zero-order chi connectivity index (χ0) is 12.1. The van der Waals surface area contributed by atoms with Crippen LogP contribution in [0, 0.1) is 0 Å². The van der Waals surface area contributed by atoms with E-state index in [-0.39, 0.29) is 11.5 Å². The third kappa shape index (κ3) is 2.82. The molecule has 0 unspecified atom stereocenters. The molecular formula is C15H12O2. The molecule has 0 saturated carbocycles. The van der Waals surface area contributed by atoms with Gasteiger partial charge in [-0.15, -0.1) is 0 Å². The Labute approximate surface area is 99.8 Å². The highest BCUT2D eigenvalue weighted by Gasteiger charge is 2.09. The van der Waals surface area contributed by atoms with Crippen LogP contribution in [-0.2, 0) is 0 Å². The molecule has 0 aliphatic carbocycles. The maximum Gasteiger partial charge on any atom is 0.227 e. The van der Waals surface area contributed by atoms with Gasteiger partial charge < -0.3 is 5.11 Å². The molecule has 0 bridgehead atoms. The second kappa shape index (κ2) is 5.12. The Morgan fingerprint density at radius 2 is 1.41 bits per heavy atom. The minimum Gasteiger partial charge on any atom is -0.504 e. The van der Waals surface area contributed by atoms with E-state index in [2.05, 4.69) is 0 Å². The van der Waals surface area contributed by atoms with E-state index < -0.39 is 0 Å². The number of aliphatic hydroxyl groups is 1. The van der Waals surface area contributed by atoms with E-state index in [9.17, 15) is 9.90 Å². The molecule has 1 N–H and O–H groups in total. The highest BCUT2D eigenvalue weighted by Crippen LogP contribution is 2.10. The van der Waals surface area contributed by atoms with Crippen LogP contribution in [0.25, 0.3) is 6.08 Å². The van der Waals surface area contributed by atoms with Crippen molar-refractivity contribution in [2.75, 3.05) is 0 Å². The van der Waals surface area contributed by atoms with Crippen LogP contribution >= 0.6 is 0 Å². The molecule has 0 heterocycles. The van der Waals surface area contributed by atoms with Gasteiger partial charge in [-0.3, -0.25) is 4.79 Å². The SMILES string of the molecule is O=C(/C(O)=C/c1ccccc1)c1ccccc1. The summed E-state index contributed by atoms with van der Waals surface area (Å²) in [6, 6.07) is 18.0. The van der Waals surface area contributed by atoms with Gasteiger partial charge in [0.2, 0.25) is 5.78 Å². The highest BCUT2D eigenvalue weighted by molar-refractivity contribution is 6.09. The summed E-state index contributed by atoms with van der Waals surface area (Å²) in [6.45, 7) is 0. The number of allylic oxidation sites excluding steroid dienone is 1. The number of hydrogen-bond acceptors (Lipinski definition) is 2. The Morgan fingerprint density at radius 1 is 0.882 bits per heavy atom. The topological polar surface area (TPSA) is 37.3 Å². The van der Waals surface area contributed by atoms with Gasteiger partial charge in [-0.1, -0.05) is 60.7 Å². The normalized spacial score (nSPS) is 11.2. The highest BCUT2D eigenvalue weighted by atomic mass is 16.3. The van der Waals surface area contributed by atoms with Gasteiger partial charge in [-0.25, -0.2) is 0 Å². The first-order valence-electron chi connectivity index (χ1n) is 5.33. The molecule has 0 saturated heterocycles. The van der Waals surface area contributed by atoms with E-state index in [4.69, 9.17) is 0 Å². The van der Waals surface area contributed by atoms with Crippen molar-refractivity contribution >= 4 is 11.9 Å². The van der Waals surface area contributed by atoms with Crippen molar-refractivity contribution in [3.63, 3.8) is 0 Å². The number of benzene rings is 2. The molecule has 0 fully saturated rings. The van der Waals surface area contributed by atoms with Crippen molar-refractivity contribution in [2.24, 2.45) is 0 Å². The second-order valence-electron chi connectivity index (χ2n) is 3.64. The van der Waals surface area contributed by atoms with E-state index in [1.54, 1.807) is 24.3 Å². The van der Waals surface area contributed by atoms with Gasteiger partial charge in [-0.2, -0.15) is 0 Å². The molecule has 0 aliphatic heterocycles. The van der Waals surface area contributed by atoms with Gasteiger partial charge >= 0.3 is 0 Å². The molecule has 0 atom stereocenters. The zero-order valence-electron chi connectivity index (χ0n) is 9.21. The van der Waals surface area contributed by atoms with Gasteiger partial charge in [-0.05, 0) is 11.6 Å². The lowest BCUT2D eigenvalue weighted by Gasteiger charge is -2.00. The Bertz CT molecular complexity index is 527. The van der Waals surface area contributed by atoms with E-state index in [0.29, 0.717) is 5.56 Å². The van der Waals surface area contributed by atoms with Gasteiger partial charge in [0.15, 0.2) is 5.76 Å². The van der Waals surface area contributed by atoms with Crippen molar-refractivity contribution in [2.45, 2.75) is 0 Å². The van der Waals surface area contributed by atoms with Crippen LogP contribution < -0.4 is 0 Å². The number of carbonyl (C=O) groups excluding carboxylic acids is 1. The summed E-state index contributed by atoms with van der Waals surface area (Å²) >= 11 is 0. The fourth-order valence-electron chi connectivity index (χ4n) is 1.51. The maximum absolute atomic E-state index is 11.8. The predicted molar refractivity (Wildman–Crippen MR) is 67.8 cm³/mol. The molecular weight excluding hydrogens is 212 g/mol. The molecule has 2 nitrogen and oxygen atoms in total. The van der Waals surface area contributed by atoms with Crippen LogP contribution in [0.1, 0.15) is 15.9 Å². The third-order valence-electron chi connectivity index (χ3n) is 2.37. The Morgan fingerprint density at radius 3 is 2.00 bits per heavy atom. The minimum atomic E-state index is -0.366. The summed E-state index contributed by atoms with van der Waals surface area (Å²) in [7, 11) is 0. The van der Waals surface area contributed by atoms with E-state index in [0.717, 1.165) is 5.56 Å². The van der Waals surface area contributed by atoms with Gasteiger partial charge in [0.25, 0.3) is 0 Å². The maximum atomic E-state index is 11.8. The molecule has 2 rings (SSSR count). The zero-order valence-corrected chi connectivity index (χ0v) is 9.21. The van der Waals surface area contributed by atoms with E-state index in [1.807, 2.05) is 36.4 Å². The summed E-state index contributed by atoms with van der Waals surface area (Å²) in [5.41, 5.74) is 1.28. The lowest BCUT2D eigenvalue weighted by Crippen LogP contribution is -2.02. The monoisotopic (exact) mass is 224 g/mol. The first kappa shape index (κ1) is 11.1. The molecule has 0 amide bonds. The summed E-state index contributed by atoms with van der Waals surface area (Å²) in [5, 5.41) is 9.74. The first-order chi connectivity index (χ1) is 8.27. The summed E-state index contributed by atoms with van der Waals surface area (Å²) in [6.07, 6.45) is 1.47. The van der Waals surface area contributed by atoms with Crippen molar-refractivity contribution in [1.82, 2.24) is 0 Å². The predicted octanol–water partition coefficient (Wildman–Crippen LogP) is 3.47. The Hall–Kier alpha value is -2.35. The fourth-order valence-corrected chi connectivity index (χ4v) is 1.51. The Kier molecular flexibility index (Phi) is 3.36. The van der Waals surface area contributed by atoms with Crippen LogP contribution in [0.5, 0.6) is 0 Å². The lowest BCUT2D eigenvalue weighted by atomic mass is 10.1. The van der Waals surface area contributed by atoms with Gasteiger partial charge in [0.1, 0.15) is 0 Å². The number of hydrogen-bond donors (Lipinski definition) is 1. The van der Waals surface area contributed by atoms with Crippen LogP contribution in [-0.4, -0.2) is 10.9 Å². The van der Waals surface area contributed by atoms with Crippen LogP contribution in [0.3, 0.4) is 0 Å². The average Bonchev–Trinajstić information content (AvgIpc) is 2.40. The van der Waals surface area contributed by atoms with Gasteiger partial charge in [0, 0.05) is 5.56 Å². The number of ketones is 1. The standard InChI is InChI=1S/C15H12O2/c16-14(11-12-7-3-1-4-8-12)15(17)13-9-5-2-6-10-13/h1-11,16H/b14-11-. The largest absolute Gasteiger partial charge is 0.504 e. The van der Waals surface area contributed by atoms with Gasteiger partial charge in [0.05, 0.1) is 0 Å². The molecule has 0 aromatic heterocycles. The van der Waals surface area contributed by atoms with Crippen molar-refractivity contribution in [3.8, 4) is 0 Å². The molecule has 0 aliphatic rings. The quantitative estimate of drug-likeness (QED) is 0.492. The van der Waals surface area contributed by atoms with Crippen molar-refractivity contribution in [3.05, 3.63) is 77.5 Å². The molecule has 17 heavy (non-hydrogen) atoms. The van der Waals surface area contributed by atoms with Crippen LogP contribution in [0.15, 0.2) is 66.4 Å². The summed E-state index contributed by atoms with van der Waals surface area (Å²) < 4.78 is 0. The van der Waals surface area contributed by atoms with Crippen molar-refractivity contribution in [1.29, 1.82) is 0 Å². The third-order valence-corrected chi connectivity index (χ3v) is 2.37.